The van der Waals surface area contributed by atoms with E-state index in [4.69, 9.17) is 4.74 Å². The minimum absolute atomic E-state index is 0.0496. The van der Waals surface area contributed by atoms with Crippen LogP contribution in [0.15, 0.2) is 30.0 Å². The van der Waals surface area contributed by atoms with E-state index in [1.54, 1.807) is 19.2 Å². The van der Waals surface area contributed by atoms with Crippen LogP contribution in [0.4, 0.5) is 5.69 Å². The zero-order valence-electron chi connectivity index (χ0n) is 16.2. The molecule has 1 aromatic carbocycles. The molecular formula is C20H25N3O5. The highest BCUT2D eigenvalue weighted by Gasteiger charge is 2.41. The summed E-state index contributed by atoms with van der Waals surface area (Å²) >= 11 is 0. The van der Waals surface area contributed by atoms with Gasteiger partial charge in [0.25, 0.3) is 17.5 Å². The van der Waals surface area contributed by atoms with Crippen LogP contribution in [0.1, 0.15) is 31.7 Å². The first-order valence-electron chi connectivity index (χ1n) is 9.53. The Morgan fingerprint density at radius 1 is 1.14 bits per heavy atom. The number of methoxy groups -OCH3 is 1. The highest BCUT2D eigenvalue weighted by molar-refractivity contribution is 6.35. The van der Waals surface area contributed by atoms with Crippen LogP contribution in [-0.2, 0) is 14.3 Å². The van der Waals surface area contributed by atoms with Gasteiger partial charge in [0.2, 0.25) is 0 Å². The molecular weight excluding hydrogens is 362 g/mol. The zero-order valence-corrected chi connectivity index (χ0v) is 16.2. The molecule has 1 aromatic rings. The van der Waals surface area contributed by atoms with E-state index >= 15 is 0 Å². The number of nitro groups is 1. The third-order valence-corrected chi connectivity index (χ3v) is 5.34. The van der Waals surface area contributed by atoms with Crippen molar-refractivity contribution in [1.29, 1.82) is 0 Å². The maximum atomic E-state index is 13.1. The summed E-state index contributed by atoms with van der Waals surface area (Å²) in [6.07, 6.45) is 2.48. The summed E-state index contributed by atoms with van der Waals surface area (Å²) in [6.45, 7) is 4.37. The molecule has 0 aliphatic carbocycles. The van der Waals surface area contributed by atoms with Crippen LogP contribution in [0.3, 0.4) is 0 Å². The van der Waals surface area contributed by atoms with Gasteiger partial charge in [0.05, 0.1) is 10.5 Å². The molecule has 0 saturated carbocycles. The Morgan fingerprint density at radius 3 is 2.36 bits per heavy atom. The second-order valence-corrected chi connectivity index (χ2v) is 7.31. The van der Waals surface area contributed by atoms with Crippen molar-refractivity contribution in [1.82, 2.24) is 9.80 Å². The van der Waals surface area contributed by atoms with E-state index in [9.17, 15) is 19.7 Å². The van der Waals surface area contributed by atoms with Crippen LogP contribution in [0, 0.1) is 16.0 Å². The number of ether oxygens (including phenoxy) is 1. The minimum Gasteiger partial charge on any atom is -0.385 e. The average molecular weight is 387 g/mol. The van der Waals surface area contributed by atoms with E-state index in [0.717, 1.165) is 25.9 Å². The molecule has 2 heterocycles. The number of likely N-dealkylation sites (tertiary alicyclic amines) is 1. The Hall–Kier alpha value is -2.74. The second kappa shape index (κ2) is 8.52. The summed E-state index contributed by atoms with van der Waals surface area (Å²) in [7, 11) is 1.58. The van der Waals surface area contributed by atoms with Crippen molar-refractivity contribution in [2.24, 2.45) is 5.92 Å². The highest BCUT2D eigenvalue weighted by Crippen LogP contribution is 2.34. The smallest absolute Gasteiger partial charge is 0.277 e. The van der Waals surface area contributed by atoms with Crippen molar-refractivity contribution in [3.63, 3.8) is 0 Å². The van der Waals surface area contributed by atoms with Gasteiger partial charge in [0, 0.05) is 45.5 Å². The summed E-state index contributed by atoms with van der Waals surface area (Å²) in [4.78, 5) is 39.9. The number of hydrogen-bond acceptors (Lipinski definition) is 6. The van der Waals surface area contributed by atoms with E-state index in [1.807, 2.05) is 4.90 Å². The van der Waals surface area contributed by atoms with Crippen LogP contribution in [0.2, 0.25) is 0 Å². The predicted molar refractivity (Wildman–Crippen MR) is 103 cm³/mol. The standard InChI is InChI=1S/C20H25N3O5/c1-14-8-11-21(12-9-14)18-17(15-4-6-16(7-5-15)23(26)27)19(24)22(20(18)25)10-3-13-28-2/h4-7,14H,3,8-13H2,1-2H3. The molecule has 0 spiro atoms. The maximum Gasteiger partial charge on any atom is 0.277 e. The lowest BCUT2D eigenvalue weighted by Gasteiger charge is -2.32. The number of amides is 2. The Kier molecular flexibility index (Phi) is 6.08. The first-order valence-corrected chi connectivity index (χ1v) is 9.53. The molecule has 28 heavy (non-hydrogen) atoms. The average Bonchev–Trinajstić information content (AvgIpc) is 2.93. The Balaban J connectivity index is 1.96. The van der Waals surface area contributed by atoms with Crippen molar-refractivity contribution in [2.45, 2.75) is 26.2 Å². The summed E-state index contributed by atoms with van der Waals surface area (Å²) in [5.74, 6) is -0.0442. The molecule has 2 aliphatic heterocycles. The van der Waals surface area contributed by atoms with Crippen molar-refractivity contribution in [3.05, 3.63) is 45.6 Å². The van der Waals surface area contributed by atoms with E-state index in [2.05, 4.69) is 6.92 Å². The van der Waals surface area contributed by atoms with Gasteiger partial charge in [-0.05, 0) is 42.9 Å². The van der Waals surface area contributed by atoms with E-state index in [-0.39, 0.29) is 24.0 Å². The van der Waals surface area contributed by atoms with Gasteiger partial charge in [-0.3, -0.25) is 24.6 Å². The van der Waals surface area contributed by atoms with Gasteiger partial charge in [-0.2, -0.15) is 0 Å². The van der Waals surface area contributed by atoms with Gasteiger partial charge < -0.3 is 9.64 Å². The molecule has 3 rings (SSSR count). The SMILES string of the molecule is COCCCN1C(=O)C(c2ccc([N+](=O)[O-])cc2)=C(N2CCC(C)CC2)C1=O. The van der Waals surface area contributed by atoms with Crippen molar-refractivity contribution in [2.75, 3.05) is 33.4 Å². The Morgan fingerprint density at radius 2 is 1.79 bits per heavy atom. The topological polar surface area (TPSA) is 93.0 Å². The molecule has 0 bridgehead atoms. The monoisotopic (exact) mass is 387 g/mol. The summed E-state index contributed by atoms with van der Waals surface area (Å²) in [6, 6.07) is 5.82. The first kappa shape index (κ1) is 20.0. The third kappa shape index (κ3) is 3.91. The lowest BCUT2D eigenvalue weighted by Crippen LogP contribution is -2.39. The van der Waals surface area contributed by atoms with Crippen LogP contribution in [0.25, 0.3) is 5.57 Å². The van der Waals surface area contributed by atoms with Gasteiger partial charge in [-0.1, -0.05) is 6.92 Å². The maximum absolute atomic E-state index is 13.1. The largest absolute Gasteiger partial charge is 0.385 e. The minimum atomic E-state index is -0.482. The number of nitrogens with zero attached hydrogens (tertiary/aromatic N) is 3. The molecule has 0 unspecified atom stereocenters. The molecule has 1 saturated heterocycles. The second-order valence-electron chi connectivity index (χ2n) is 7.31. The lowest BCUT2D eigenvalue weighted by molar-refractivity contribution is -0.384. The molecule has 8 nitrogen and oxygen atoms in total. The fourth-order valence-electron chi connectivity index (χ4n) is 3.67. The van der Waals surface area contributed by atoms with E-state index in [0.29, 0.717) is 35.8 Å². The number of piperidine rings is 1. The van der Waals surface area contributed by atoms with Crippen LogP contribution in [-0.4, -0.2) is 59.9 Å². The van der Waals surface area contributed by atoms with Crippen molar-refractivity contribution < 1.29 is 19.2 Å². The number of nitro benzene ring substituents is 1. The lowest BCUT2D eigenvalue weighted by atomic mass is 9.97. The molecule has 2 amide bonds. The van der Waals surface area contributed by atoms with E-state index < -0.39 is 4.92 Å². The molecule has 2 aliphatic rings. The normalized spacial score (nSPS) is 18.4. The number of carbonyl (C=O) groups excluding carboxylic acids is 2. The molecule has 0 radical (unpaired) electrons. The van der Waals surface area contributed by atoms with Crippen LogP contribution in [0.5, 0.6) is 0 Å². The van der Waals surface area contributed by atoms with Crippen LogP contribution >= 0.6 is 0 Å². The summed E-state index contributed by atoms with van der Waals surface area (Å²) < 4.78 is 5.04. The molecule has 0 atom stereocenters. The molecule has 1 fully saturated rings. The summed E-state index contributed by atoms with van der Waals surface area (Å²) in [5.41, 5.74) is 1.24. The molecule has 0 aromatic heterocycles. The Bertz CT molecular complexity index is 795. The van der Waals surface area contributed by atoms with Crippen molar-refractivity contribution >= 4 is 23.1 Å². The highest BCUT2D eigenvalue weighted by atomic mass is 16.6. The number of benzene rings is 1. The van der Waals surface area contributed by atoms with Crippen molar-refractivity contribution in [3.8, 4) is 0 Å². The molecule has 0 N–H and O–H groups in total. The first-order chi connectivity index (χ1) is 13.4. The molecule has 150 valence electrons. The van der Waals surface area contributed by atoms with Gasteiger partial charge in [-0.15, -0.1) is 0 Å². The molecule has 8 heteroatoms. The van der Waals surface area contributed by atoms with Gasteiger partial charge in [-0.25, -0.2) is 0 Å². The van der Waals surface area contributed by atoms with Gasteiger partial charge >= 0.3 is 0 Å². The number of carbonyl (C=O) groups is 2. The van der Waals surface area contributed by atoms with E-state index in [1.165, 1.54) is 17.0 Å². The fraction of sp³-hybridized carbons (Fsp3) is 0.500. The quantitative estimate of drug-likeness (QED) is 0.309. The number of hydrogen-bond donors (Lipinski definition) is 0. The number of rotatable bonds is 7. The van der Waals surface area contributed by atoms with Crippen LogP contribution < -0.4 is 0 Å². The third-order valence-electron chi connectivity index (χ3n) is 5.34. The predicted octanol–water partition coefficient (Wildman–Crippen LogP) is 2.44. The van der Waals surface area contributed by atoms with Gasteiger partial charge in [0.15, 0.2) is 0 Å². The summed E-state index contributed by atoms with van der Waals surface area (Å²) in [5, 5.41) is 10.9. The number of imide groups is 1. The van der Waals surface area contributed by atoms with Gasteiger partial charge in [0.1, 0.15) is 5.70 Å². The Labute approximate surface area is 163 Å². The fourth-order valence-corrected chi connectivity index (χ4v) is 3.67. The number of non-ortho nitro benzene ring substituents is 1. The zero-order chi connectivity index (χ0) is 20.3.